The maximum atomic E-state index is 4.92. The summed E-state index contributed by atoms with van der Waals surface area (Å²) in [7, 11) is 2.18. The minimum Gasteiger partial charge on any atom is -0.369 e. The fourth-order valence-electron chi connectivity index (χ4n) is 4.57. The van der Waals surface area contributed by atoms with Gasteiger partial charge in [0, 0.05) is 67.3 Å². The molecule has 0 atom stereocenters. The van der Waals surface area contributed by atoms with Crippen LogP contribution in [0.5, 0.6) is 0 Å². The molecule has 36 heavy (non-hydrogen) atoms. The Balaban J connectivity index is 1.27. The van der Waals surface area contributed by atoms with E-state index < -0.39 is 0 Å². The fraction of sp³-hybridized carbons (Fsp3) is 0.214. The van der Waals surface area contributed by atoms with Crippen molar-refractivity contribution in [3.05, 3.63) is 78.8 Å². The Hall–Kier alpha value is -4.30. The third kappa shape index (κ3) is 4.50. The third-order valence-electron chi connectivity index (χ3n) is 6.68. The summed E-state index contributed by atoms with van der Waals surface area (Å²) in [6.07, 6.45) is 5.31. The molecule has 0 amide bonds. The first-order valence-electron chi connectivity index (χ1n) is 12.2. The van der Waals surface area contributed by atoms with Gasteiger partial charge in [0.15, 0.2) is 0 Å². The summed E-state index contributed by atoms with van der Waals surface area (Å²) in [6, 6.07) is 18.6. The number of rotatable bonds is 5. The highest BCUT2D eigenvalue weighted by Crippen LogP contribution is 2.29. The van der Waals surface area contributed by atoms with Crippen LogP contribution in [0.15, 0.2) is 73.2 Å². The molecule has 0 saturated carbocycles. The lowest BCUT2D eigenvalue weighted by Gasteiger charge is -2.34. The second-order valence-electron chi connectivity index (χ2n) is 9.24. The standard InChI is InChI=1S/C28H28N8/c1-19-15-25-26(17-24(19)34-28-30-10-8-23(33-28)21-6-4-9-29-18-21)32-27(31-25)20-5-3-7-22(16-20)36-13-11-35(2)12-14-36/h3-10,15-18H,11-14H2,1-2H3,(H,31,32)(H,30,33,34). The molecule has 5 aromatic rings. The van der Waals surface area contributed by atoms with Gasteiger partial charge in [-0.05, 0) is 62.0 Å². The van der Waals surface area contributed by atoms with Gasteiger partial charge in [-0.3, -0.25) is 4.98 Å². The van der Waals surface area contributed by atoms with Gasteiger partial charge in [0.25, 0.3) is 0 Å². The number of hydrogen-bond donors (Lipinski definition) is 2. The van der Waals surface area contributed by atoms with Gasteiger partial charge in [-0.25, -0.2) is 15.0 Å². The summed E-state index contributed by atoms with van der Waals surface area (Å²) in [5.41, 5.74) is 8.00. The number of benzene rings is 2. The second kappa shape index (κ2) is 9.39. The van der Waals surface area contributed by atoms with Crippen molar-refractivity contribution in [2.45, 2.75) is 6.92 Å². The molecule has 4 heterocycles. The van der Waals surface area contributed by atoms with Crippen LogP contribution in [-0.4, -0.2) is 63.0 Å². The second-order valence-corrected chi connectivity index (χ2v) is 9.24. The topological polar surface area (TPSA) is 85.9 Å². The number of aryl methyl sites for hydroxylation is 1. The first kappa shape index (κ1) is 22.2. The van der Waals surface area contributed by atoms with Crippen molar-refractivity contribution < 1.29 is 0 Å². The van der Waals surface area contributed by atoms with Crippen molar-refractivity contribution in [3.8, 4) is 22.6 Å². The lowest BCUT2D eigenvalue weighted by molar-refractivity contribution is 0.313. The van der Waals surface area contributed by atoms with Gasteiger partial charge in [-0.1, -0.05) is 12.1 Å². The van der Waals surface area contributed by atoms with Crippen LogP contribution in [0.3, 0.4) is 0 Å². The van der Waals surface area contributed by atoms with Gasteiger partial charge in [0.1, 0.15) is 5.82 Å². The van der Waals surface area contributed by atoms with Crippen LogP contribution < -0.4 is 10.2 Å². The highest BCUT2D eigenvalue weighted by molar-refractivity contribution is 5.85. The van der Waals surface area contributed by atoms with Crippen LogP contribution in [0.2, 0.25) is 0 Å². The average molecular weight is 477 g/mol. The van der Waals surface area contributed by atoms with Crippen molar-refractivity contribution in [3.63, 3.8) is 0 Å². The Morgan fingerprint density at radius 2 is 1.75 bits per heavy atom. The van der Waals surface area contributed by atoms with Crippen LogP contribution in [0.4, 0.5) is 17.3 Å². The van der Waals surface area contributed by atoms with Crippen molar-refractivity contribution in [2.24, 2.45) is 0 Å². The number of piperazine rings is 1. The smallest absolute Gasteiger partial charge is 0.227 e. The highest BCUT2D eigenvalue weighted by atomic mass is 15.2. The van der Waals surface area contributed by atoms with Gasteiger partial charge < -0.3 is 20.1 Å². The number of hydrogen-bond acceptors (Lipinski definition) is 7. The molecule has 1 aliphatic rings. The van der Waals surface area contributed by atoms with E-state index in [1.165, 1.54) is 5.69 Å². The fourth-order valence-corrected chi connectivity index (χ4v) is 4.57. The number of nitrogens with one attached hydrogen (secondary N) is 2. The van der Waals surface area contributed by atoms with Crippen LogP contribution >= 0.6 is 0 Å². The third-order valence-corrected chi connectivity index (χ3v) is 6.68. The van der Waals surface area contributed by atoms with E-state index in [2.05, 4.69) is 85.4 Å². The molecule has 8 heteroatoms. The maximum absolute atomic E-state index is 4.92. The Labute approximate surface area is 210 Å². The summed E-state index contributed by atoms with van der Waals surface area (Å²) in [5, 5.41) is 3.37. The van der Waals surface area contributed by atoms with E-state index in [4.69, 9.17) is 4.98 Å². The number of aromatic amines is 1. The first-order valence-corrected chi connectivity index (χ1v) is 12.2. The molecule has 1 saturated heterocycles. The number of imidazole rings is 1. The monoisotopic (exact) mass is 476 g/mol. The molecule has 0 radical (unpaired) electrons. The van der Waals surface area contributed by atoms with Crippen molar-refractivity contribution in [2.75, 3.05) is 43.4 Å². The van der Waals surface area contributed by atoms with Crippen molar-refractivity contribution >= 4 is 28.4 Å². The van der Waals surface area contributed by atoms with Crippen LogP contribution in [0, 0.1) is 6.92 Å². The quantitative estimate of drug-likeness (QED) is 0.374. The van der Waals surface area contributed by atoms with E-state index in [-0.39, 0.29) is 0 Å². The summed E-state index contributed by atoms with van der Waals surface area (Å²) >= 11 is 0. The predicted molar refractivity (Wildman–Crippen MR) is 145 cm³/mol. The van der Waals surface area contributed by atoms with E-state index in [0.717, 1.165) is 71.1 Å². The van der Waals surface area contributed by atoms with Crippen LogP contribution in [0.25, 0.3) is 33.7 Å². The van der Waals surface area contributed by atoms with Crippen LogP contribution in [-0.2, 0) is 0 Å². The lowest BCUT2D eigenvalue weighted by atomic mass is 10.1. The Bertz CT molecular complexity index is 1500. The number of aromatic nitrogens is 5. The molecule has 0 unspecified atom stereocenters. The summed E-state index contributed by atoms with van der Waals surface area (Å²) in [6.45, 7) is 6.32. The number of H-pyrrole nitrogens is 1. The number of likely N-dealkylation sites (N-methyl/N-ethyl adjacent to an activating group) is 1. The zero-order valence-electron chi connectivity index (χ0n) is 20.4. The zero-order valence-corrected chi connectivity index (χ0v) is 20.4. The normalized spacial score (nSPS) is 14.3. The number of anilines is 3. The molecule has 0 bridgehead atoms. The van der Waals surface area contributed by atoms with E-state index in [9.17, 15) is 0 Å². The molecule has 1 fully saturated rings. The molecule has 0 aliphatic carbocycles. The van der Waals surface area contributed by atoms with Crippen molar-refractivity contribution in [1.29, 1.82) is 0 Å². The van der Waals surface area contributed by atoms with E-state index in [1.807, 2.05) is 18.2 Å². The lowest BCUT2D eigenvalue weighted by Crippen LogP contribution is -2.44. The molecule has 180 valence electrons. The summed E-state index contributed by atoms with van der Waals surface area (Å²) < 4.78 is 0. The molecule has 1 aliphatic heterocycles. The highest BCUT2D eigenvalue weighted by Gasteiger charge is 2.16. The minimum atomic E-state index is 0.537. The SMILES string of the molecule is Cc1cc2[nH]c(-c3cccc(N4CCN(C)CC4)c3)nc2cc1Nc1nccc(-c2cccnc2)n1. The number of pyridine rings is 1. The average Bonchev–Trinajstić information content (AvgIpc) is 3.33. The largest absolute Gasteiger partial charge is 0.369 e. The van der Waals surface area contributed by atoms with E-state index in [1.54, 1.807) is 18.6 Å². The van der Waals surface area contributed by atoms with E-state index in [0.29, 0.717) is 5.95 Å². The number of nitrogens with zero attached hydrogens (tertiary/aromatic N) is 6. The molecule has 3 aromatic heterocycles. The first-order chi connectivity index (χ1) is 17.6. The summed E-state index contributed by atoms with van der Waals surface area (Å²) in [4.78, 5) is 26.5. The Morgan fingerprint density at radius 1 is 0.889 bits per heavy atom. The molecule has 2 aromatic carbocycles. The van der Waals surface area contributed by atoms with Gasteiger partial charge in [0.2, 0.25) is 5.95 Å². The maximum Gasteiger partial charge on any atom is 0.227 e. The Kier molecular flexibility index (Phi) is 5.79. The number of fused-ring (bicyclic) bond motifs is 1. The van der Waals surface area contributed by atoms with Gasteiger partial charge in [-0.15, -0.1) is 0 Å². The van der Waals surface area contributed by atoms with Gasteiger partial charge >= 0.3 is 0 Å². The van der Waals surface area contributed by atoms with Crippen molar-refractivity contribution in [1.82, 2.24) is 29.8 Å². The predicted octanol–water partition coefficient (Wildman–Crippen LogP) is 4.89. The minimum absolute atomic E-state index is 0.537. The Morgan fingerprint density at radius 3 is 2.58 bits per heavy atom. The van der Waals surface area contributed by atoms with Gasteiger partial charge in [-0.2, -0.15) is 0 Å². The van der Waals surface area contributed by atoms with E-state index >= 15 is 0 Å². The molecular formula is C28H28N8. The molecule has 6 rings (SSSR count). The summed E-state index contributed by atoms with van der Waals surface area (Å²) in [5.74, 6) is 1.40. The molecule has 2 N–H and O–H groups in total. The zero-order chi connectivity index (χ0) is 24.5. The molecule has 0 spiro atoms. The van der Waals surface area contributed by atoms with Gasteiger partial charge in [0.05, 0.1) is 16.7 Å². The molecule has 8 nitrogen and oxygen atoms in total. The molecular weight excluding hydrogens is 448 g/mol. The van der Waals surface area contributed by atoms with Crippen LogP contribution in [0.1, 0.15) is 5.56 Å².